The van der Waals surface area contributed by atoms with Gasteiger partial charge in [0.25, 0.3) is 0 Å². The van der Waals surface area contributed by atoms with Gasteiger partial charge in [-0.05, 0) is 86.8 Å². The second-order valence-corrected chi connectivity index (χ2v) is 15.8. The van der Waals surface area contributed by atoms with Crippen molar-refractivity contribution in [3.05, 3.63) is 67.4 Å². The van der Waals surface area contributed by atoms with Crippen molar-refractivity contribution in [2.75, 3.05) is 26.4 Å². The van der Waals surface area contributed by atoms with Crippen LogP contribution < -0.4 is 24.8 Å². The number of hydrogen-bond donors (Lipinski definition) is 3. The van der Waals surface area contributed by atoms with Crippen LogP contribution in [0.5, 0.6) is 17.2 Å². The van der Waals surface area contributed by atoms with E-state index in [4.69, 9.17) is 18.9 Å². The van der Waals surface area contributed by atoms with Crippen LogP contribution in [0.1, 0.15) is 105 Å². The van der Waals surface area contributed by atoms with E-state index in [0.29, 0.717) is 60.3 Å². The molecule has 0 spiro atoms. The van der Waals surface area contributed by atoms with Gasteiger partial charge in [-0.1, -0.05) is 30.9 Å². The molecule has 0 aromatic heterocycles. The van der Waals surface area contributed by atoms with Gasteiger partial charge >= 0.3 is 5.97 Å². The van der Waals surface area contributed by atoms with E-state index in [9.17, 15) is 29.7 Å². The maximum Gasteiger partial charge on any atom is 0.375 e. The molecule has 4 atom stereocenters. The summed E-state index contributed by atoms with van der Waals surface area (Å²) in [5.41, 5.74) is 3.17. The predicted octanol–water partition coefficient (Wildman–Crippen LogP) is 3.86. The monoisotopic (exact) mass is 739 g/mol. The average Bonchev–Trinajstić information content (AvgIpc) is 3.85. The highest BCUT2D eigenvalue weighted by molar-refractivity contribution is 6.11. The number of rotatable bonds is 7. The summed E-state index contributed by atoms with van der Waals surface area (Å²) >= 11 is 0. The molecular formula is C43H49NO10. The highest BCUT2D eigenvalue weighted by Gasteiger charge is 2.49. The molecule has 2 bridgehead atoms. The van der Waals surface area contributed by atoms with Gasteiger partial charge < -0.3 is 34.3 Å². The lowest BCUT2D eigenvalue weighted by Crippen LogP contribution is -2.49. The van der Waals surface area contributed by atoms with E-state index in [-0.39, 0.29) is 79.3 Å². The number of aldehydes is 1. The summed E-state index contributed by atoms with van der Waals surface area (Å²) in [7, 11) is 0. The quantitative estimate of drug-likeness (QED) is 0.281. The van der Waals surface area contributed by atoms with E-state index >= 15 is 0 Å². The van der Waals surface area contributed by atoms with Crippen molar-refractivity contribution in [2.45, 2.75) is 109 Å². The molecule has 2 aromatic carbocycles. The fourth-order valence-corrected chi connectivity index (χ4v) is 9.60. The number of aryl methyl sites for hydroxylation is 1. The first-order valence-electron chi connectivity index (χ1n) is 19.6. The summed E-state index contributed by atoms with van der Waals surface area (Å²) in [6.45, 7) is 3.50. The fourth-order valence-electron chi connectivity index (χ4n) is 9.60. The molecule has 2 aliphatic carbocycles. The van der Waals surface area contributed by atoms with E-state index in [2.05, 4.69) is 17.1 Å². The number of benzene rings is 2. The van der Waals surface area contributed by atoms with Gasteiger partial charge in [0.1, 0.15) is 34.7 Å². The van der Waals surface area contributed by atoms with Crippen molar-refractivity contribution >= 4 is 29.7 Å². The molecule has 11 nitrogen and oxygen atoms in total. The van der Waals surface area contributed by atoms with Gasteiger partial charge in [-0.2, -0.15) is 0 Å². The molecule has 2 aromatic rings. The Bertz CT molecular complexity index is 2090. The number of esters is 1. The fraction of sp³-hybridized carbons (Fsp3) is 0.535. The summed E-state index contributed by atoms with van der Waals surface area (Å²) in [6, 6.07) is 4.13. The second-order valence-electron chi connectivity index (χ2n) is 15.8. The molecule has 6 aliphatic rings. The Kier molecular flexibility index (Phi) is 10.00. The van der Waals surface area contributed by atoms with Crippen molar-refractivity contribution < 1.29 is 48.7 Å². The minimum atomic E-state index is -1.20. The number of fused-ring (bicyclic) bond motifs is 7. The third-order valence-corrected chi connectivity index (χ3v) is 12.6. The number of aliphatic hydroxyl groups excluding tert-OH is 2. The number of aliphatic hydroxyl groups is 3. The van der Waals surface area contributed by atoms with Gasteiger partial charge in [-0.3, -0.25) is 14.6 Å². The van der Waals surface area contributed by atoms with E-state index in [1.165, 1.54) is 0 Å². The van der Waals surface area contributed by atoms with E-state index in [1.807, 2.05) is 13.0 Å². The Hall–Kier alpha value is -4.32. The molecule has 4 unspecified atom stereocenters. The van der Waals surface area contributed by atoms with Crippen molar-refractivity contribution in [3.63, 3.8) is 0 Å². The smallest absolute Gasteiger partial charge is 0.375 e. The number of nitrogens with zero attached hydrogens (tertiary/aromatic N) is 1. The largest absolute Gasteiger partial charge is 0.492 e. The van der Waals surface area contributed by atoms with Crippen molar-refractivity contribution in [3.8, 4) is 17.2 Å². The molecule has 0 radical (unpaired) electrons. The highest BCUT2D eigenvalue weighted by Crippen LogP contribution is 2.57. The summed E-state index contributed by atoms with van der Waals surface area (Å²) in [5, 5.41) is 35.7. The minimum Gasteiger partial charge on any atom is -0.492 e. The minimum absolute atomic E-state index is 0.0142. The highest BCUT2D eigenvalue weighted by atomic mass is 16.6. The first-order chi connectivity index (χ1) is 26.2. The van der Waals surface area contributed by atoms with Gasteiger partial charge in [0.2, 0.25) is 5.76 Å². The first kappa shape index (κ1) is 36.6. The number of ketones is 1. The van der Waals surface area contributed by atoms with Crippen LogP contribution in [0.4, 0.5) is 0 Å². The number of ether oxygens (including phenoxy) is 4. The molecular weight excluding hydrogens is 690 g/mol. The third-order valence-electron chi connectivity index (χ3n) is 12.6. The van der Waals surface area contributed by atoms with Crippen LogP contribution in [0.2, 0.25) is 0 Å². The second kappa shape index (κ2) is 14.7. The van der Waals surface area contributed by atoms with E-state index < -0.39 is 30.2 Å². The van der Waals surface area contributed by atoms with Crippen LogP contribution >= 0.6 is 0 Å². The van der Waals surface area contributed by atoms with E-state index in [0.717, 1.165) is 59.4 Å². The van der Waals surface area contributed by atoms with Crippen molar-refractivity contribution in [1.82, 2.24) is 0 Å². The molecule has 2 saturated carbocycles. The van der Waals surface area contributed by atoms with Crippen LogP contribution in [0.15, 0.2) is 34.0 Å². The zero-order valence-electron chi connectivity index (χ0n) is 31.1. The molecule has 54 heavy (non-hydrogen) atoms. The normalized spacial score (nSPS) is 24.7. The van der Waals surface area contributed by atoms with Gasteiger partial charge in [0.05, 0.1) is 48.4 Å². The summed E-state index contributed by atoms with van der Waals surface area (Å²) < 4.78 is 25.2. The maximum absolute atomic E-state index is 13.9. The van der Waals surface area contributed by atoms with Crippen molar-refractivity contribution in [2.24, 2.45) is 16.8 Å². The summed E-state index contributed by atoms with van der Waals surface area (Å²) in [6.07, 6.45) is 9.16. The number of allylic oxidation sites excluding steroid dienone is 3. The summed E-state index contributed by atoms with van der Waals surface area (Å²) in [5.74, 6) is -1.10. The van der Waals surface area contributed by atoms with E-state index in [1.54, 1.807) is 6.92 Å². The molecule has 3 N–H and O–H groups in total. The standard InChI is InChI=1S/C43H49NO10/c1-3-51-42(49)41-31(20-46)36-26-11-12-34(48)29(16-26)28-15-25-13-14-44-33(25)17-24(28)10-9-23(19-45)22-52-39-30-18-35(43(2,50)27-7-5-4-6-8-27)53-38(30)32(21-47)40(54-41)37(36)39/h13,15,17,20,23,27,29,35,45,47,50H,3-12,14,16,18-19,21-22H2,1-2H3. The molecule has 0 amide bonds. The molecule has 2 fully saturated rings. The maximum atomic E-state index is 13.9. The molecule has 0 saturated heterocycles. The van der Waals surface area contributed by atoms with Gasteiger partial charge in [-0.25, -0.2) is 4.79 Å². The topological polar surface area (TPSA) is 161 Å². The lowest BCUT2D eigenvalue weighted by molar-refractivity contribution is -0.141. The Morgan fingerprint density at radius 1 is 1.06 bits per heavy atom. The Balaban J connectivity index is 1.37. The average molecular weight is 740 g/mol. The molecule has 8 rings (SSSR count). The molecule has 4 heterocycles. The van der Waals surface area contributed by atoms with Gasteiger partial charge in [-0.15, -0.1) is 0 Å². The number of Topliss-reactive ketones (excluding diaryl/α,β-unsaturated/α-hetero) is 1. The number of carbonyl (C=O) groups is 3. The third kappa shape index (κ3) is 6.18. The van der Waals surface area contributed by atoms with Crippen LogP contribution in [-0.2, 0) is 38.6 Å². The molecule has 4 aliphatic heterocycles. The zero-order valence-corrected chi connectivity index (χ0v) is 31.1. The SMILES string of the molecule is CCOC(=O)C1=C(C=O)C2=C3CCC(=O)C(C3)c3cc4c(cc3CCC(CO)COc3c5c(c(CO)c(c32)O1)OC(C(C)(O)C1CCCCC1)C5)=NCC=4. The van der Waals surface area contributed by atoms with Gasteiger partial charge in [0, 0.05) is 42.4 Å². The van der Waals surface area contributed by atoms with Crippen molar-refractivity contribution in [1.29, 1.82) is 0 Å². The lowest BCUT2D eigenvalue weighted by atomic mass is 9.73. The molecule has 286 valence electrons. The van der Waals surface area contributed by atoms with Crippen LogP contribution in [-0.4, -0.2) is 71.4 Å². The van der Waals surface area contributed by atoms with Gasteiger partial charge in [0.15, 0.2) is 6.29 Å². The Labute approximate surface area is 314 Å². The first-order valence-corrected chi connectivity index (χ1v) is 19.6. The Morgan fingerprint density at radius 3 is 2.61 bits per heavy atom. The molecule has 11 heteroatoms. The number of hydrogen-bond acceptors (Lipinski definition) is 11. The van der Waals surface area contributed by atoms with Crippen LogP contribution in [0.25, 0.3) is 11.6 Å². The van der Waals surface area contributed by atoms with Crippen LogP contribution in [0, 0.1) is 11.8 Å². The van der Waals surface area contributed by atoms with Crippen LogP contribution in [0.3, 0.4) is 0 Å². The lowest BCUT2D eigenvalue weighted by Gasteiger charge is -2.39. The predicted molar refractivity (Wildman–Crippen MR) is 198 cm³/mol. The Morgan fingerprint density at radius 2 is 1.87 bits per heavy atom. The summed E-state index contributed by atoms with van der Waals surface area (Å²) in [4.78, 5) is 45.5. The number of carbonyl (C=O) groups excluding carboxylic acids is 3. The zero-order chi connectivity index (χ0) is 37.7.